The number of hydrogen-bond acceptors (Lipinski definition) is 1. The average molecular weight is 259 g/mol. The molecule has 17 heavy (non-hydrogen) atoms. The molecule has 0 fully saturated rings. The minimum absolute atomic E-state index is 0.324. The summed E-state index contributed by atoms with van der Waals surface area (Å²) < 4.78 is 6.60. The monoisotopic (exact) mass is 258 g/mol. The molecule has 104 valence electrons. The van der Waals surface area contributed by atoms with Crippen molar-refractivity contribution >= 4 is 8.32 Å². The SMILES string of the molecule is CCC[C@H](C)[C@@H](CCC)O[Si](C)(C)C(C)(C)C. The van der Waals surface area contributed by atoms with Crippen molar-refractivity contribution in [2.24, 2.45) is 5.92 Å². The summed E-state index contributed by atoms with van der Waals surface area (Å²) in [6.07, 6.45) is 5.48. The quantitative estimate of drug-likeness (QED) is 0.539. The fraction of sp³-hybridized carbons (Fsp3) is 1.00. The van der Waals surface area contributed by atoms with Gasteiger partial charge >= 0.3 is 0 Å². The predicted octanol–water partition coefficient (Wildman–Crippen LogP) is 5.61. The van der Waals surface area contributed by atoms with Gasteiger partial charge in [-0.25, -0.2) is 0 Å². The van der Waals surface area contributed by atoms with Gasteiger partial charge in [-0.15, -0.1) is 0 Å². The Kier molecular flexibility index (Phi) is 7.01. The standard InChI is InChI=1S/C15H34OSi/c1-9-11-13(3)14(12-10-2)16-17(7,8)15(4,5)6/h13-14H,9-12H2,1-8H3/t13-,14+/m0/s1. The average Bonchev–Trinajstić information content (AvgIpc) is 2.15. The van der Waals surface area contributed by atoms with E-state index in [-0.39, 0.29) is 0 Å². The zero-order valence-electron chi connectivity index (χ0n) is 13.4. The van der Waals surface area contributed by atoms with Gasteiger partial charge in [0.2, 0.25) is 0 Å². The van der Waals surface area contributed by atoms with E-state index in [1.165, 1.54) is 25.7 Å². The molecule has 0 aromatic heterocycles. The maximum Gasteiger partial charge on any atom is 0.192 e. The molecule has 0 rings (SSSR count). The second kappa shape index (κ2) is 6.94. The van der Waals surface area contributed by atoms with Crippen LogP contribution in [0.5, 0.6) is 0 Å². The first-order chi connectivity index (χ1) is 7.65. The van der Waals surface area contributed by atoms with E-state index in [0.717, 1.165) is 0 Å². The summed E-state index contributed by atoms with van der Waals surface area (Å²) in [6, 6.07) is 0. The minimum atomic E-state index is -1.60. The van der Waals surface area contributed by atoms with Crippen LogP contribution < -0.4 is 0 Å². The van der Waals surface area contributed by atoms with Gasteiger partial charge in [-0.2, -0.15) is 0 Å². The first kappa shape index (κ1) is 17.2. The lowest BCUT2D eigenvalue weighted by atomic mass is 9.96. The summed E-state index contributed by atoms with van der Waals surface area (Å²) in [5.41, 5.74) is 0. The van der Waals surface area contributed by atoms with Gasteiger partial charge in [0.15, 0.2) is 8.32 Å². The van der Waals surface area contributed by atoms with Gasteiger partial charge in [0.1, 0.15) is 0 Å². The van der Waals surface area contributed by atoms with Gasteiger partial charge in [0, 0.05) is 6.10 Å². The van der Waals surface area contributed by atoms with E-state index < -0.39 is 8.32 Å². The molecule has 0 unspecified atom stereocenters. The molecule has 0 aliphatic rings. The summed E-state index contributed by atoms with van der Waals surface area (Å²) in [5, 5.41) is 0.324. The van der Waals surface area contributed by atoms with Crippen LogP contribution >= 0.6 is 0 Å². The van der Waals surface area contributed by atoms with Gasteiger partial charge in [-0.05, 0) is 36.9 Å². The van der Waals surface area contributed by atoms with Crippen molar-refractivity contribution in [3.63, 3.8) is 0 Å². The van der Waals surface area contributed by atoms with Crippen molar-refractivity contribution < 1.29 is 4.43 Å². The normalized spacial score (nSPS) is 16.9. The highest BCUT2D eigenvalue weighted by molar-refractivity contribution is 6.74. The van der Waals surface area contributed by atoms with Crippen LogP contribution in [-0.4, -0.2) is 14.4 Å². The summed E-state index contributed by atoms with van der Waals surface area (Å²) >= 11 is 0. The second-order valence-electron chi connectivity index (χ2n) is 6.97. The predicted molar refractivity (Wildman–Crippen MR) is 81.1 cm³/mol. The molecule has 0 amide bonds. The Bertz CT molecular complexity index is 205. The lowest BCUT2D eigenvalue weighted by Crippen LogP contribution is -2.45. The molecule has 0 N–H and O–H groups in total. The first-order valence-electron chi connectivity index (χ1n) is 7.33. The number of rotatable bonds is 7. The molecule has 0 saturated heterocycles. The molecule has 0 aliphatic carbocycles. The fourth-order valence-corrected chi connectivity index (χ4v) is 3.40. The molecule has 0 aromatic rings. The van der Waals surface area contributed by atoms with E-state index in [0.29, 0.717) is 17.1 Å². The second-order valence-corrected chi connectivity index (χ2v) is 11.7. The maximum absolute atomic E-state index is 6.60. The summed E-state index contributed by atoms with van der Waals surface area (Å²) in [7, 11) is -1.60. The van der Waals surface area contributed by atoms with Crippen molar-refractivity contribution in [3.8, 4) is 0 Å². The van der Waals surface area contributed by atoms with Gasteiger partial charge < -0.3 is 4.43 Å². The van der Waals surface area contributed by atoms with E-state index in [1.807, 2.05) is 0 Å². The van der Waals surface area contributed by atoms with Crippen LogP contribution in [0.25, 0.3) is 0 Å². The molecule has 0 radical (unpaired) electrons. The van der Waals surface area contributed by atoms with E-state index in [1.54, 1.807) is 0 Å². The molecule has 1 nitrogen and oxygen atoms in total. The third kappa shape index (κ3) is 5.56. The summed E-state index contributed by atoms with van der Waals surface area (Å²) in [6.45, 7) is 18.6. The van der Waals surface area contributed by atoms with Crippen LogP contribution in [0.2, 0.25) is 18.1 Å². The van der Waals surface area contributed by atoms with Crippen LogP contribution in [0, 0.1) is 5.92 Å². The molecule has 2 heteroatoms. The Labute approximate surface area is 110 Å². The Balaban J connectivity index is 4.64. The third-order valence-electron chi connectivity index (χ3n) is 4.20. The van der Waals surface area contributed by atoms with Crippen LogP contribution in [0.3, 0.4) is 0 Å². The highest BCUT2D eigenvalue weighted by Gasteiger charge is 2.39. The first-order valence-corrected chi connectivity index (χ1v) is 10.2. The van der Waals surface area contributed by atoms with Crippen molar-refractivity contribution in [1.82, 2.24) is 0 Å². The van der Waals surface area contributed by atoms with Crippen LogP contribution in [-0.2, 0) is 4.43 Å². The van der Waals surface area contributed by atoms with E-state index in [4.69, 9.17) is 4.43 Å². The van der Waals surface area contributed by atoms with Gasteiger partial charge in [-0.1, -0.05) is 54.4 Å². The van der Waals surface area contributed by atoms with Gasteiger partial charge in [0.25, 0.3) is 0 Å². The molecule has 0 aromatic carbocycles. The fourth-order valence-electron chi connectivity index (χ4n) is 1.94. The Hall–Kier alpha value is 0.177. The Morgan fingerprint density at radius 3 is 1.82 bits per heavy atom. The van der Waals surface area contributed by atoms with Crippen molar-refractivity contribution in [2.75, 3.05) is 0 Å². The summed E-state index contributed by atoms with van der Waals surface area (Å²) in [5.74, 6) is 0.703. The summed E-state index contributed by atoms with van der Waals surface area (Å²) in [4.78, 5) is 0. The molecule has 0 aliphatic heterocycles. The third-order valence-corrected chi connectivity index (χ3v) is 8.71. The topological polar surface area (TPSA) is 9.23 Å². The molecule has 0 saturated carbocycles. The van der Waals surface area contributed by atoms with Gasteiger partial charge in [-0.3, -0.25) is 0 Å². The molecule has 0 heterocycles. The maximum atomic E-state index is 6.60. The minimum Gasteiger partial charge on any atom is -0.414 e. The molecule has 2 atom stereocenters. The zero-order valence-corrected chi connectivity index (χ0v) is 14.4. The van der Waals surface area contributed by atoms with Crippen molar-refractivity contribution in [2.45, 2.75) is 91.5 Å². The van der Waals surface area contributed by atoms with Crippen LogP contribution in [0.4, 0.5) is 0 Å². The molecule has 0 spiro atoms. The highest BCUT2D eigenvalue weighted by atomic mass is 28.4. The lowest BCUT2D eigenvalue weighted by Gasteiger charge is -2.41. The Morgan fingerprint density at radius 1 is 1.00 bits per heavy atom. The highest BCUT2D eigenvalue weighted by Crippen LogP contribution is 2.39. The largest absolute Gasteiger partial charge is 0.414 e. The van der Waals surface area contributed by atoms with Crippen LogP contribution in [0.15, 0.2) is 0 Å². The van der Waals surface area contributed by atoms with E-state index in [2.05, 4.69) is 54.6 Å². The van der Waals surface area contributed by atoms with Crippen molar-refractivity contribution in [3.05, 3.63) is 0 Å². The van der Waals surface area contributed by atoms with E-state index >= 15 is 0 Å². The van der Waals surface area contributed by atoms with E-state index in [9.17, 15) is 0 Å². The zero-order chi connectivity index (χ0) is 13.7. The number of hydrogen-bond donors (Lipinski definition) is 0. The molecular formula is C15H34OSi. The molecular weight excluding hydrogens is 224 g/mol. The van der Waals surface area contributed by atoms with Crippen molar-refractivity contribution in [1.29, 1.82) is 0 Å². The van der Waals surface area contributed by atoms with Crippen LogP contribution in [0.1, 0.15) is 67.2 Å². The Morgan fingerprint density at radius 2 is 1.47 bits per heavy atom. The van der Waals surface area contributed by atoms with Gasteiger partial charge in [0.05, 0.1) is 0 Å². The molecule has 0 bridgehead atoms. The lowest BCUT2D eigenvalue weighted by molar-refractivity contribution is 0.111. The smallest absolute Gasteiger partial charge is 0.192 e.